The van der Waals surface area contributed by atoms with E-state index in [-0.39, 0.29) is 22.3 Å². The topological polar surface area (TPSA) is 101 Å². The van der Waals surface area contributed by atoms with Crippen LogP contribution in [0, 0.1) is 0 Å². The zero-order valence-electron chi connectivity index (χ0n) is 22.1. The molecule has 0 spiro atoms. The molecule has 11 heteroatoms. The van der Waals surface area contributed by atoms with Crippen molar-refractivity contribution in [1.82, 2.24) is 24.8 Å². The van der Waals surface area contributed by atoms with Crippen molar-refractivity contribution in [1.29, 1.82) is 0 Å². The predicted octanol–water partition coefficient (Wildman–Crippen LogP) is 4.08. The van der Waals surface area contributed by atoms with E-state index in [2.05, 4.69) is 27.1 Å². The standard InChI is InChI=1S/C29H30ClN5O4S/c1-18(40-29-31-6-7-32-29)25-17-35-16-23(28(37)33-14-19-2-4-21(30)5-3-19)27(36)22-12-20(13-24(39-25)26(22)35)15-34-8-10-38-11-9-34/h2-7,12-13,16,18,25H,8-11,14-15,17H2,1H3,(H,31,32)(H,33,37). The summed E-state index contributed by atoms with van der Waals surface area (Å²) in [4.78, 5) is 36.8. The number of amides is 1. The molecule has 2 aliphatic rings. The number of ether oxygens (including phenoxy) is 2. The van der Waals surface area contributed by atoms with E-state index in [1.165, 1.54) is 0 Å². The zero-order chi connectivity index (χ0) is 27.6. The number of hydrogen-bond acceptors (Lipinski definition) is 7. The lowest BCUT2D eigenvalue weighted by Crippen LogP contribution is -2.38. The molecule has 4 heterocycles. The van der Waals surface area contributed by atoms with Gasteiger partial charge in [-0.1, -0.05) is 35.5 Å². The molecule has 0 bridgehead atoms. The van der Waals surface area contributed by atoms with Gasteiger partial charge in [0.15, 0.2) is 5.16 Å². The number of nitrogens with zero attached hydrogens (tertiary/aromatic N) is 3. The highest BCUT2D eigenvalue weighted by atomic mass is 35.5. The smallest absolute Gasteiger partial charge is 0.257 e. The van der Waals surface area contributed by atoms with Crippen molar-refractivity contribution in [3.05, 3.63) is 86.9 Å². The lowest BCUT2D eigenvalue weighted by molar-refractivity contribution is 0.0341. The monoisotopic (exact) mass is 579 g/mol. The van der Waals surface area contributed by atoms with Crippen molar-refractivity contribution in [3.8, 4) is 5.75 Å². The van der Waals surface area contributed by atoms with Crippen molar-refractivity contribution >= 4 is 40.2 Å². The van der Waals surface area contributed by atoms with Gasteiger partial charge in [0.2, 0.25) is 5.43 Å². The Hall–Kier alpha value is -3.31. The summed E-state index contributed by atoms with van der Waals surface area (Å²) >= 11 is 7.58. The van der Waals surface area contributed by atoms with Crippen LogP contribution in [0.25, 0.3) is 10.9 Å². The first-order valence-electron chi connectivity index (χ1n) is 13.3. The highest BCUT2D eigenvalue weighted by molar-refractivity contribution is 7.99. The van der Waals surface area contributed by atoms with Crippen LogP contribution in [-0.2, 0) is 24.4 Å². The second-order valence-corrected chi connectivity index (χ2v) is 11.9. The average Bonchev–Trinajstić information content (AvgIpc) is 3.47. The van der Waals surface area contributed by atoms with Gasteiger partial charge in [-0.25, -0.2) is 4.98 Å². The summed E-state index contributed by atoms with van der Waals surface area (Å²) in [5, 5.41) is 4.89. The summed E-state index contributed by atoms with van der Waals surface area (Å²) in [5.41, 5.74) is 2.40. The summed E-state index contributed by atoms with van der Waals surface area (Å²) in [7, 11) is 0. The first-order valence-corrected chi connectivity index (χ1v) is 14.6. The molecule has 1 amide bonds. The molecule has 1 fully saturated rings. The van der Waals surface area contributed by atoms with E-state index in [0.29, 0.717) is 49.0 Å². The zero-order valence-corrected chi connectivity index (χ0v) is 23.6. The third kappa shape index (κ3) is 5.76. The third-order valence-electron chi connectivity index (χ3n) is 7.27. The minimum atomic E-state index is -0.410. The van der Waals surface area contributed by atoms with Gasteiger partial charge < -0.3 is 24.3 Å². The molecule has 2 aromatic carbocycles. The predicted molar refractivity (Wildman–Crippen MR) is 155 cm³/mol. The van der Waals surface area contributed by atoms with Crippen LogP contribution in [0.1, 0.15) is 28.4 Å². The van der Waals surface area contributed by atoms with Crippen molar-refractivity contribution in [2.75, 3.05) is 26.3 Å². The van der Waals surface area contributed by atoms with E-state index >= 15 is 0 Å². The number of aromatic nitrogens is 3. The number of halogens is 1. The number of nitrogens with one attached hydrogen (secondary N) is 2. The fourth-order valence-corrected chi connectivity index (χ4v) is 6.18. The molecule has 208 valence electrons. The van der Waals surface area contributed by atoms with Gasteiger partial charge >= 0.3 is 0 Å². The lowest BCUT2D eigenvalue weighted by Gasteiger charge is -2.32. The fourth-order valence-electron chi connectivity index (χ4n) is 5.15. The van der Waals surface area contributed by atoms with Gasteiger partial charge in [0.05, 0.1) is 30.7 Å². The van der Waals surface area contributed by atoms with Gasteiger partial charge in [0.1, 0.15) is 17.4 Å². The molecule has 2 atom stereocenters. The number of benzene rings is 2. The second kappa shape index (κ2) is 11.7. The second-order valence-electron chi connectivity index (χ2n) is 10.1. The normalized spacial score (nSPS) is 17.9. The summed E-state index contributed by atoms with van der Waals surface area (Å²) in [5.74, 6) is 0.251. The van der Waals surface area contributed by atoms with Gasteiger partial charge in [-0.05, 0) is 42.3 Å². The van der Waals surface area contributed by atoms with E-state index in [1.807, 2.05) is 28.8 Å². The maximum atomic E-state index is 13.7. The SMILES string of the molecule is CC(Sc1ncc[nH]1)C1Cn2cc(C(=O)NCc3ccc(Cl)cc3)c(=O)c3cc(CN4CCOCC4)cc(c32)O1. The largest absolute Gasteiger partial charge is 0.485 e. The molecular formula is C29H30ClN5O4S. The Morgan fingerprint density at radius 2 is 2.02 bits per heavy atom. The molecule has 2 N–H and O–H groups in total. The molecule has 2 aliphatic heterocycles. The number of imidazole rings is 1. The summed E-state index contributed by atoms with van der Waals surface area (Å²) in [6.07, 6.45) is 5.00. The molecule has 2 aromatic heterocycles. The van der Waals surface area contributed by atoms with E-state index < -0.39 is 5.91 Å². The molecule has 9 nitrogen and oxygen atoms in total. The Morgan fingerprint density at radius 1 is 1.23 bits per heavy atom. The van der Waals surface area contributed by atoms with Crippen molar-refractivity contribution in [2.45, 2.75) is 43.1 Å². The molecule has 0 radical (unpaired) electrons. The van der Waals surface area contributed by atoms with Crippen LogP contribution in [0.5, 0.6) is 5.75 Å². The highest BCUT2D eigenvalue weighted by Crippen LogP contribution is 2.35. The Labute approximate surface area is 240 Å². The van der Waals surface area contributed by atoms with Crippen molar-refractivity contribution in [3.63, 3.8) is 0 Å². The first-order chi connectivity index (χ1) is 19.4. The van der Waals surface area contributed by atoms with Gasteiger partial charge in [-0.3, -0.25) is 14.5 Å². The Bertz CT molecular complexity index is 1570. The molecule has 6 rings (SSSR count). The number of morpholine rings is 1. The van der Waals surface area contributed by atoms with E-state index in [9.17, 15) is 9.59 Å². The van der Waals surface area contributed by atoms with Gasteiger partial charge in [-0.15, -0.1) is 0 Å². The summed E-state index contributed by atoms with van der Waals surface area (Å²) < 4.78 is 14.0. The molecule has 1 saturated heterocycles. The van der Waals surface area contributed by atoms with Crippen LogP contribution < -0.4 is 15.5 Å². The maximum Gasteiger partial charge on any atom is 0.257 e. The fraction of sp³-hybridized carbons (Fsp3) is 0.345. The number of hydrogen-bond donors (Lipinski definition) is 2. The quantitative estimate of drug-likeness (QED) is 0.303. The Balaban J connectivity index is 1.34. The molecule has 0 aliphatic carbocycles. The van der Waals surface area contributed by atoms with Crippen LogP contribution in [-0.4, -0.2) is 63.0 Å². The number of rotatable bonds is 8. The third-order valence-corrected chi connectivity index (χ3v) is 8.64. The molecule has 4 aromatic rings. The number of aromatic amines is 1. The molecule has 2 unspecified atom stereocenters. The van der Waals surface area contributed by atoms with Gasteiger partial charge in [0.25, 0.3) is 5.91 Å². The highest BCUT2D eigenvalue weighted by Gasteiger charge is 2.30. The van der Waals surface area contributed by atoms with Gasteiger partial charge in [-0.2, -0.15) is 0 Å². The van der Waals surface area contributed by atoms with Crippen LogP contribution in [0.4, 0.5) is 0 Å². The van der Waals surface area contributed by atoms with Crippen LogP contribution in [0.15, 0.2) is 64.9 Å². The van der Waals surface area contributed by atoms with Crippen LogP contribution in [0.3, 0.4) is 0 Å². The van der Waals surface area contributed by atoms with Gasteiger partial charge in [0, 0.05) is 55.0 Å². The van der Waals surface area contributed by atoms with Crippen molar-refractivity contribution in [2.24, 2.45) is 0 Å². The Kier molecular flexibility index (Phi) is 7.84. The molecule has 0 saturated carbocycles. The number of pyridine rings is 1. The van der Waals surface area contributed by atoms with E-state index in [4.69, 9.17) is 21.1 Å². The number of H-pyrrole nitrogens is 1. The molecular weight excluding hydrogens is 550 g/mol. The maximum absolute atomic E-state index is 13.7. The number of carbonyl (C=O) groups is 1. The summed E-state index contributed by atoms with van der Waals surface area (Å²) in [6.45, 7) is 6.58. The van der Waals surface area contributed by atoms with E-state index in [0.717, 1.165) is 34.9 Å². The summed E-state index contributed by atoms with van der Waals surface area (Å²) in [6, 6.07) is 11.2. The lowest BCUT2D eigenvalue weighted by atomic mass is 10.0. The number of carbonyl (C=O) groups excluding carboxylic acids is 1. The minimum Gasteiger partial charge on any atom is -0.485 e. The van der Waals surface area contributed by atoms with E-state index in [1.54, 1.807) is 42.5 Å². The van der Waals surface area contributed by atoms with Crippen LogP contribution in [0.2, 0.25) is 5.02 Å². The average molecular weight is 580 g/mol. The first kappa shape index (κ1) is 26.9. The number of thioether (sulfide) groups is 1. The Morgan fingerprint density at radius 3 is 2.77 bits per heavy atom. The van der Waals surface area contributed by atoms with Crippen molar-refractivity contribution < 1.29 is 14.3 Å². The van der Waals surface area contributed by atoms with Crippen LogP contribution >= 0.6 is 23.4 Å². The molecule has 40 heavy (non-hydrogen) atoms. The minimum absolute atomic E-state index is 0.0545.